The summed E-state index contributed by atoms with van der Waals surface area (Å²) in [6.07, 6.45) is 1.63. The third kappa shape index (κ3) is 3.54. The summed E-state index contributed by atoms with van der Waals surface area (Å²) in [5, 5.41) is 0.902. The number of benzene rings is 1. The highest BCUT2D eigenvalue weighted by molar-refractivity contribution is 6.42. The number of nitrogens with zero attached hydrogens (tertiary/aromatic N) is 2. The van der Waals surface area contributed by atoms with Gasteiger partial charge in [0.1, 0.15) is 17.3 Å². The Balaban J connectivity index is 2.30. The molecule has 0 N–H and O–H groups in total. The van der Waals surface area contributed by atoms with E-state index in [1.165, 1.54) is 0 Å². The van der Waals surface area contributed by atoms with Gasteiger partial charge in [-0.25, -0.2) is 9.97 Å². The quantitative estimate of drug-likeness (QED) is 0.700. The van der Waals surface area contributed by atoms with E-state index in [1.807, 2.05) is 13.8 Å². The van der Waals surface area contributed by atoms with E-state index in [1.54, 1.807) is 24.4 Å². The van der Waals surface area contributed by atoms with Gasteiger partial charge in [-0.15, -0.1) is 11.6 Å². The van der Waals surface area contributed by atoms with Crippen LogP contribution >= 0.6 is 34.8 Å². The Kier molecular flexibility index (Phi) is 5.08. The second-order valence-electron chi connectivity index (χ2n) is 4.51. The Morgan fingerprint density at radius 1 is 1.20 bits per heavy atom. The van der Waals surface area contributed by atoms with E-state index in [9.17, 15) is 0 Å². The number of rotatable bonds is 4. The number of hydrogen-bond acceptors (Lipinski definition) is 3. The van der Waals surface area contributed by atoms with Crippen LogP contribution in [0.4, 0.5) is 0 Å². The molecule has 0 amide bonds. The normalized spacial score (nSPS) is 10.9. The van der Waals surface area contributed by atoms with Crippen LogP contribution in [0.5, 0.6) is 11.5 Å². The molecule has 0 aliphatic carbocycles. The fourth-order valence-corrected chi connectivity index (χ4v) is 2.03. The molecule has 2 rings (SSSR count). The first-order chi connectivity index (χ1) is 9.51. The van der Waals surface area contributed by atoms with Gasteiger partial charge in [0, 0.05) is 12.0 Å². The molecule has 0 saturated carbocycles. The highest BCUT2D eigenvalue weighted by atomic mass is 35.5. The van der Waals surface area contributed by atoms with Crippen molar-refractivity contribution in [2.24, 2.45) is 0 Å². The maximum absolute atomic E-state index is 5.95. The van der Waals surface area contributed by atoms with Gasteiger partial charge in [-0.3, -0.25) is 0 Å². The van der Waals surface area contributed by atoms with E-state index in [0.717, 1.165) is 5.82 Å². The molecule has 2 aromatic rings. The number of ether oxygens (including phenoxy) is 1. The van der Waals surface area contributed by atoms with Crippen molar-refractivity contribution >= 4 is 34.8 Å². The highest BCUT2D eigenvalue weighted by Crippen LogP contribution is 2.31. The summed E-state index contributed by atoms with van der Waals surface area (Å²) in [6.45, 7) is 4.04. The molecule has 0 saturated heterocycles. The van der Waals surface area contributed by atoms with E-state index in [2.05, 4.69) is 9.97 Å². The van der Waals surface area contributed by atoms with Crippen LogP contribution in [-0.4, -0.2) is 9.97 Å². The molecule has 1 aromatic carbocycles. The smallest absolute Gasteiger partial charge is 0.168 e. The average molecular weight is 332 g/mol. The van der Waals surface area contributed by atoms with Gasteiger partial charge in [0.05, 0.1) is 22.1 Å². The van der Waals surface area contributed by atoms with Crippen LogP contribution in [0.25, 0.3) is 0 Å². The van der Waals surface area contributed by atoms with Crippen molar-refractivity contribution in [3.05, 3.63) is 46.0 Å². The van der Waals surface area contributed by atoms with Crippen LogP contribution in [0, 0.1) is 0 Å². The lowest BCUT2D eigenvalue weighted by atomic mass is 10.2. The summed E-state index contributed by atoms with van der Waals surface area (Å²) in [5.41, 5.74) is 0.649. The maximum atomic E-state index is 5.95. The van der Waals surface area contributed by atoms with Gasteiger partial charge < -0.3 is 4.74 Å². The third-order valence-electron chi connectivity index (χ3n) is 2.61. The van der Waals surface area contributed by atoms with Gasteiger partial charge in [-0.1, -0.05) is 37.0 Å². The average Bonchev–Trinajstić information content (AvgIpc) is 2.43. The van der Waals surface area contributed by atoms with Gasteiger partial charge in [0.2, 0.25) is 0 Å². The molecule has 106 valence electrons. The topological polar surface area (TPSA) is 35.0 Å². The summed E-state index contributed by atoms with van der Waals surface area (Å²) in [6, 6.07) is 5.03. The highest BCUT2D eigenvalue weighted by Gasteiger charge is 2.11. The van der Waals surface area contributed by atoms with Crippen LogP contribution < -0.4 is 4.74 Å². The van der Waals surface area contributed by atoms with E-state index in [4.69, 9.17) is 39.5 Å². The van der Waals surface area contributed by atoms with Gasteiger partial charge in [0.25, 0.3) is 0 Å². The molecule has 0 atom stereocenters. The summed E-state index contributed by atoms with van der Waals surface area (Å²) in [7, 11) is 0. The molecule has 0 aliphatic rings. The van der Waals surface area contributed by atoms with Crippen LogP contribution in [-0.2, 0) is 5.88 Å². The molecule has 0 aliphatic heterocycles. The molecule has 1 aromatic heterocycles. The van der Waals surface area contributed by atoms with Gasteiger partial charge in [0.15, 0.2) is 5.75 Å². The predicted molar refractivity (Wildman–Crippen MR) is 82.2 cm³/mol. The van der Waals surface area contributed by atoms with Crippen molar-refractivity contribution in [1.82, 2.24) is 9.97 Å². The lowest BCUT2D eigenvalue weighted by molar-refractivity contribution is 0.470. The van der Waals surface area contributed by atoms with E-state index >= 15 is 0 Å². The van der Waals surface area contributed by atoms with Crippen molar-refractivity contribution in [3.63, 3.8) is 0 Å². The number of aromatic nitrogens is 2. The lowest BCUT2D eigenvalue weighted by Crippen LogP contribution is -2.02. The van der Waals surface area contributed by atoms with E-state index in [0.29, 0.717) is 27.2 Å². The number of hydrogen-bond donors (Lipinski definition) is 0. The van der Waals surface area contributed by atoms with Crippen molar-refractivity contribution in [1.29, 1.82) is 0 Å². The van der Waals surface area contributed by atoms with Crippen LogP contribution in [0.1, 0.15) is 31.3 Å². The van der Waals surface area contributed by atoms with Crippen LogP contribution in [0.2, 0.25) is 10.0 Å². The molecular formula is C14H13Cl3N2O. The Morgan fingerprint density at radius 2 is 1.95 bits per heavy atom. The third-order valence-corrected chi connectivity index (χ3v) is 3.60. The van der Waals surface area contributed by atoms with E-state index < -0.39 is 0 Å². The van der Waals surface area contributed by atoms with Crippen LogP contribution in [0.15, 0.2) is 24.4 Å². The standard InChI is InChI=1S/C14H13Cl3N2O/c1-8(2)14-18-7-13(12(6-15)19-14)20-9-3-4-10(16)11(17)5-9/h3-5,7-8H,6H2,1-2H3. The molecule has 20 heavy (non-hydrogen) atoms. The molecule has 3 nitrogen and oxygen atoms in total. The molecule has 1 heterocycles. The first kappa shape index (κ1) is 15.4. The first-order valence-electron chi connectivity index (χ1n) is 6.06. The summed E-state index contributed by atoms with van der Waals surface area (Å²) in [4.78, 5) is 8.67. The molecule has 0 unspecified atom stereocenters. The molecule has 0 spiro atoms. The zero-order chi connectivity index (χ0) is 14.7. The molecule has 0 radical (unpaired) electrons. The molecule has 6 heteroatoms. The van der Waals surface area contributed by atoms with Crippen molar-refractivity contribution in [2.75, 3.05) is 0 Å². The zero-order valence-electron chi connectivity index (χ0n) is 11.0. The minimum atomic E-state index is 0.232. The monoisotopic (exact) mass is 330 g/mol. The summed E-state index contributed by atoms with van der Waals surface area (Å²) in [5.74, 6) is 2.30. The maximum Gasteiger partial charge on any atom is 0.168 e. The van der Waals surface area contributed by atoms with Gasteiger partial charge in [-0.05, 0) is 12.1 Å². The molecular weight excluding hydrogens is 319 g/mol. The molecule has 0 bridgehead atoms. The Bertz CT molecular complexity index is 617. The largest absolute Gasteiger partial charge is 0.454 e. The summed E-state index contributed by atoms with van der Waals surface area (Å²) < 4.78 is 5.72. The fourth-order valence-electron chi connectivity index (χ4n) is 1.55. The SMILES string of the molecule is CC(C)c1ncc(Oc2ccc(Cl)c(Cl)c2)c(CCl)n1. The Labute approximate surface area is 132 Å². The second kappa shape index (κ2) is 6.61. The van der Waals surface area contributed by atoms with Crippen molar-refractivity contribution < 1.29 is 4.74 Å². The lowest BCUT2D eigenvalue weighted by Gasteiger charge is -2.11. The van der Waals surface area contributed by atoms with Crippen molar-refractivity contribution in [2.45, 2.75) is 25.6 Å². The van der Waals surface area contributed by atoms with Crippen LogP contribution in [0.3, 0.4) is 0 Å². The fraction of sp³-hybridized carbons (Fsp3) is 0.286. The van der Waals surface area contributed by atoms with Gasteiger partial charge in [-0.2, -0.15) is 0 Å². The Hall–Kier alpha value is -1.03. The summed E-state index contributed by atoms with van der Waals surface area (Å²) >= 11 is 17.7. The zero-order valence-corrected chi connectivity index (χ0v) is 13.3. The van der Waals surface area contributed by atoms with Crippen molar-refractivity contribution in [3.8, 4) is 11.5 Å². The van der Waals surface area contributed by atoms with E-state index in [-0.39, 0.29) is 11.8 Å². The minimum Gasteiger partial charge on any atom is -0.454 e. The Morgan fingerprint density at radius 3 is 2.55 bits per heavy atom. The number of alkyl halides is 1. The number of halogens is 3. The second-order valence-corrected chi connectivity index (χ2v) is 5.59. The predicted octanol–water partition coefficient (Wildman–Crippen LogP) is 5.44. The minimum absolute atomic E-state index is 0.232. The first-order valence-corrected chi connectivity index (χ1v) is 7.35. The molecule has 0 fully saturated rings. The van der Waals surface area contributed by atoms with Gasteiger partial charge >= 0.3 is 0 Å².